The Balaban J connectivity index is 2.11. The molecule has 0 aliphatic carbocycles. The zero-order valence-corrected chi connectivity index (χ0v) is 12.4. The number of nitrogens with zero attached hydrogens (tertiary/aromatic N) is 1. The lowest BCUT2D eigenvalue weighted by Gasteiger charge is -2.09. The van der Waals surface area contributed by atoms with Crippen LogP contribution in [0.4, 0.5) is 0 Å². The molecule has 0 fully saturated rings. The van der Waals surface area contributed by atoms with Gasteiger partial charge >= 0.3 is 5.97 Å². The van der Waals surface area contributed by atoms with Crippen LogP contribution >= 0.6 is 0 Å². The van der Waals surface area contributed by atoms with E-state index < -0.39 is 5.97 Å². The van der Waals surface area contributed by atoms with Gasteiger partial charge in [0.2, 0.25) is 0 Å². The van der Waals surface area contributed by atoms with Crippen LogP contribution in [0.3, 0.4) is 0 Å². The Morgan fingerprint density at radius 2 is 1.61 bits per heavy atom. The van der Waals surface area contributed by atoms with Crippen molar-refractivity contribution in [1.29, 1.82) is 0 Å². The molecule has 23 heavy (non-hydrogen) atoms. The molecule has 3 rings (SSSR count). The van der Waals surface area contributed by atoms with Gasteiger partial charge in [0.25, 0.3) is 0 Å². The summed E-state index contributed by atoms with van der Waals surface area (Å²) in [5, 5.41) is 9.54. The summed E-state index contributed by atoms with van der Waals surface area (Å²) in [6.07, 6.45) is -0.187. The topological polar surface area (TPSA) is 67.3 Å². The van der Waals surface area contributed by atoms with Gasteiger partial charge in [-0.1, -0.05) is 48.5 Å². The number of pyridine rings is 1. The number of carboxylic acid groups (broad SMARTS) is 1. The second kappa shape index (κ2) is 6.40. The number of aromatic nitrogens is 1. The second-order valence-corrected chi connectivity index (χ2v) is 5.26. The van der Waals surface area contributed by atoms with Crippen LogP contribution in [0.2, 0.25) is 0 Å². The molecule has 0 saturated heterocycles. The third-order valence-electron chi connectivity index (χ3n) is 3.65. The molecule has 4 heteroatoms. The van der Waals surface area contributed by atoms with Gasteiger partial charge in [-0.2, -0.15) is 0 Å². The maximum Gasteiger partial charge on any atom is 0.303 e. The molecule has 0 radical (unpaired) electrons. The number of hydrogen-bond donors (Lipinski definition) is 1. The molecule has 3 aromatic rings. The molecule has 0 saturated carbocycles. The van der Waals surface area contributed by atoms with Crippen molar-refractivity contribution in [3.05, 3.63) is 66.2 Å². The summed E-state index contributed by atoms with van der Waals surface area (Å²) < 4.78 is 0. The highest BCUT2D eigenvalue weighted by atomic mass is 16.4. The highest BCUT2D eigenvalue weighted by Gasteiger charge is 2.14. The van der Waals surface area contributed by atoms with Gasteiger partial charge in [0.1, 0.15) is 0 Å². The number of fused-ring (bicyclic) bond motifs is 1. The number of carbonyl (C=O) groups excluding carboxylic acids is 1. The van der Waals surface area contributed by atoms with Crippen LogP contribution in [0.5, 0.6) is 0 Å². The van der Waals surface area contributed by atoms with E-state index in [1.807, 2.05) is 54.6 Å². The number of ketones is 1. The van der Waals surface area contributed by atoms with E-state index in [9.17, 15) is 9.59 Å². The average molecular weight is 305 g/mol. The molecule has 1 N–H and O–H groups in total. The van der Waals surface area contributed by atoms with Crippen molar-refractivity contribution < 1.29 is 14.7 Å². The Kier molecular flexibility index (Phi) is 4.15. The summed E-state index contributed by atoms with van der Waals surface area (Å²) in [4.78, 5) is 27.8. The van der Waals surface area contributed by atoms with E-state index in [0.717, 1.165) is 16.5 Å². The van der Waals surface area contributed by atoms with Crippen LogP contribution in [0, 0.1) is 0 Å². The minimum Gasteiger partial charge on any atom is -0.481 e. The quantitative estimate of drug-likeness (QED) is 0.725. The predicted molar refractivity (Wildman–Crippen MR) is 88.4 cm³/mol. The lowest BCUT2D eigenvalue weighted by atomic mass is 9.99. The van der Waals surface area contributed by atoms with Gasteiger partial charge in [-0.15, -0.1) is 0 Å². The maximum absolute atomic E-state index is 12.5. The second-order valence-electron chi connectivity index (χ2n) is 5.26. The molecule has 1 heterocycles. The van der Waals surface area contributed by atoms with Crippen molar-refractivity contribution >= 4 is 22.7 Å². The molecule has 0 atom stereocenters. The number of Topliss-reactive ketones (excluding diaryl/α,β-unsaturated/α-hetero) is 1. The number of carboxylic acids is 1. The van der Waals surface area contributed by atoms with Crippen molar-refractivity contribution in [2.24, 2.45) is 0 Å². The monoisotopic (exact) mass is 305 g/mol. The van der Waals surface area contributed by atoms with Gasteiger partial charge in [0.05, 0.1) is 17.6 Å². The Hall–Kier alpha value is -3.01. The first-order chi connectivity index (χ1) is 11.1. The standard InChI is InChI=1S/C19H15NO3/c21-18(10-11-19(22)23)15-12-17(13-6-2-1-3-7-13)20-16-9-5-4-8-14(15)16/h1-9,12H,10-11H2,(H,22,23). The molecule has 0 unspecified atom stereocenters. The van der Waals surface area contributed by atoms with Crippen LogP contribution in [0.25, 0.3) is 22.2 Å². The van der Waals surface area contributed by atoms with E-state index in [4.69, 9.17) is 5.11 Å². The number of rotatable bonds is 5. The smallest absolute Gasteiger partial charge is 0.303 e. The first-order valence-corrected chi connectivity index (χ1v) is 7.35. The van der Waals surface area contributed by atoms with Crippen molar-refractivity contribution in [3.8, 4) is 11.3 Å². The zero-order chi connectivity index (χ0) is 16.2. The number of aliphatic carboxylic acids is 1. The van der Waals surface area contributed by atoms with Crippen molar-refractivity contribution in [2.45, 2.75) is 12.8 Å². The van der Waals surface area contributed by atoms with Crippen LogP contribution in [0.1, 0.15) is 23.2 Å². The molecule has 0 amide bonds. The molecule has 0 bridgehead atoms. The van der Waals surface area contributed by atoms with Crippen LogP contribution in [-0.2, 0) is 4.79 Å². The summed E-state index contributed by atoms with van der Waals surface area (Å²) in [5.41, 5.74) is 2.89. The Bertz CT molecular complexity index is 872. The number of benzene rings is 2. The average Bonchev–Trinajstić information content (AvgIpc) is 2.59. The van der Waals surface area contributed by atoms with E-state index in [-0.39, 0.29) is 18.6 Å². The summed E-state index contributed by atoms with van der Waals surface area (Å²) in [6.45, 7) is 0. The summed E-state index contributed by atoms with van der Waals surface area (Å²) in [5.74, 6) is -1.15. The van der Waals surface area contributed by atoms with Crippen LogP contribution < -0.4 is 0 Å². The van der Waals surface area contributed by atoms with Crippen molar-refractivity contribution in [1.82, 2.24) is 4.98 Å². The van der Waals surface area contributed by atoms with Gasteiger partial charge in [-0.05, 0) is 12.1 Å². The van der Waals surface area contributed by atoms with Crippen LogP contribution in [0.15, 0.2) is 60.7 Å². The van der Waals surface area contributed by atoms with Gasteiger partial charge < -0.3 is 5.11 Å². The number of carbonyl (C=O) groups is 2. The molecular weight excluding hydrogens is 290 g/mol. The fourth-order valence-corrected chi connectivity index (χ4v) is 2.52. The third-order valence-corrected chi connectivity index (χ3v) is 3.65. The summed E-state index contributed by atoms with van der Waals surface area (Å²) >= 11 is 0. The molecule has 0 aliphatic heterocycles. The van der Waals surface area contributed by atoms with E-state index in [1.165, 1.54) is 0 Å². The summed E-state index contributed by atoms with van der Waals surface area (Å²) in [6, 6.07) is 18.8. The van der Waals surface area contributed by atoms with Gasteiger partial charge in [-0.3, -0.25) is 9.59 Å². The molecular formula is C19H15NO3. The van der Waals surface area contributed by atoms with E-state index in [0.29, 0.717) is 11.3 Å². The Labute approximate surface area is 133 Å². The predicted octanol–water partition coefficient (Wildman–Crippen LogP) is 3.95. The fraction of sp³-hybridized carbons (Fsp3) is 0.105. The minimum atomic E-state index is -0.972. The molecule has 114 valence electrons. The molecule has 1 aromatic heterocycles. The molecule has 4 nitrogen and oxygen atoms in total. The molecule has 0 aliphatic rings. The zero-order valence-electron chi connectivity index (χ0n) is 12.4. The van der Waals surface area contributed by atoms with E-state index >= 15 is 0 Å². The lowest BCUT2D eigenvalue weighted by Crippen LogP contribution is -2.05. The van der Waals surface area contributed by atoms with E-state index in [2.05, 4.69) is 4.98 Å². The van der Waals surface area contributed by atoms with Crippen LogP contribution in [-0.4, -0.2) is 21.8 Å². The highest BCUT2D eigenvalue weighted by molar-refractivity contribution is 6.08. The van der Waals surface area contributed by atoms with E-state index in [1.54, 1.807) is 6.07 Å². The molecule has 2 aromatic carbocycles. The lowest BCUT2D eigenvalue weighted by molar-refractivity contribution is -0.136. The third kappa shape index (κ3) is 3.26. The van der Waals surface area contributed by atoms with Gasteiger partial charge in [0, 0.05) is 22.9 Å². The van der Waals surface area contributed by atoms with Crippen molar-refractivity contribution in [3.63, 3.8) is 0 Å². The summed E-state index contributed by atoms with van der Waals surface area (Å²) in [7, 11) is 0. The highest BCUT2D eigenvalue weighted by Crippen LogP contribution is 2.25. The maximum atomic E-state index is 12.5. The van der Waals surface area contributed by atoms with Crippen molar-refractivity contribution in [2.75, 3.05) is 0 Å². The largest absolute Gasteiger partial charge is 0.481 e. The van der Waals surface area contributed by atoms with Gasteiger partial charge in [0.15, 0.2) is 5.78 Å². The SMILES string of the molecule is O=C(O)CCC(=O)c1cc(-c2ccccc2)nc2ccccc12. The first-order valence-electron chi connectivity index (χ1n) is 7.35. The normalized spacial score (nSPS) is 10.6. The number of para-hydroxylation sites is 1. The fourth-order valence-electron chi connectivity index (χ4n) is 2.52. The molecule has 0 spiro atoms. The Morgan fingerprint density at radius 3 is 2.35 bits per heavy atom. The first kappa shape index (κ1) is 14.9. The number of hydrogen-bond acceptors (Lipinski definition) is 3. The Morgan fingerprint density at radius 1 is 0.913 bits per heavy atom. The minimum absolute atomic E-state index is 0.0163. The van der Waals surface area contributed by atoms with Gasteiger partial charge in [-0.25, -0.2) is 4.98 Å².